The molecule has 0 radical (unpaired) electrons. The van der Waals surface area contributed by atoms with Crippen LogP contribution in [0.4, 0.5) is 4.39 Å². The zero-order valence-electron chi connectivity index (χ0n) is 15.1. The first-order chi connectivity index (χ1) is 13.7. The Morgan fingerprint density at radius 1 is 1.34 bits per heavy atom. The van der Waals surface area contributed by atoms with E-state index in [9.17, 15) is 28.1 Å². The van der Waals surface area contributed by atoms with E-state index >= 15 is 0 Å². The molecule has 2 aliphatic heterocycles. The van der Waals surface area contributed by atoms with Crippen molar-refractivity contribution < 1.29 is 17.6 Å². The van der Waals surface area contributed by atoms with Crippen LogP contribution in [0.25, 0.3) is 0 Å². The van der Waals surface area contributed by atoms with Crippen molar-refractivity contribution in [2.75, 3.05) is 0 Å². The predicted molar refractivity (Wildman–Crippen MR) is 100 cm³/mol. The van der Waals surface area contributed by atoms with Crippen LogP contribution in [0.1, 0.15) is 25.7 Å². The van der Waals surface area contributed by atoms with Gasteiger partial charge in [0.15, 0.2) is 9.84 Å². The average Bonchev–Trinajstić information content (AvgIpc) is 3.17. The molecule has 1 unspecified atom stereocenters. The Morgan fingerprint density at radius 2 is 2.07 bits per heavy atom. The van der Waals surface area contributed by atoms with Gasteiger partial charge in [-0.05, 0) is 43.7 Å². The molecule has 3 aliphatic rings. The second-order valence-electron chi connectivity index (χ2n) is 7.61. The second-order valence-corrected chi connectivity index (χ2v) is 10.2. The molecule has 4 rings (SSSR count). The summed E-state index contributed by atoms with van der Waals surface area (Å²) in [5, 5.41) is 20.2. The first-order valence-corrected chi connectivity index (χ1v) is 10.9. The summed E-state index contributed by atoms with van der Waals surface area (Å²) in [6.45, 7) is 0. The van der Waals surface area contributed by atoms with E-state index in [1.807, 2.05) is 6.07 Å². The predicted octanol–water partition coefficient (Wildman–Crippen LogP) is 2.05. The molecule has 1 saturated heterocycles. The zero-order chi connectivity index (χ0) is 21.0. The van der Waals surface area contributed by atoms with Crippen LogP contribution < -0.4 is 5.32 Å². The van der Waals surface area contributed by atoms with Crippen LogP contribution in [-0.4, -0.2) is 41.6 Å². The van der Waals surface area contributed by atoms with Gasteiger partial charge in [0.25, 0.3) is 0 Å². The number of amides is 1. The molecule has 10 heteroatoms. The van der Waals surface area contributed by atoms with Crippen LogP contribution in [0, 0.1) is 28.5 Å². The molecule has 2 heterocycles. The average molecular weight is 435 g/mol. The number of carbonyl (C=O) groups excluding carboxylic acids is 1. The maximum Gasteiger partial charge on any atom is 0.247 e. The summed E-state index contributed by atoms with van der Waals surface area (Å²) in [7, 11) is -4.14. The van der Waals surface area contributed by atoms with Gasteiger partial charge in [0.2, 0.25) is 5.91 Å². The van der Waals surface area contributed by atoms with Crippen LogP contribution >= 0.6 is 11.6 Å². The number of nitrogens with one attached hydrogen (secondary N) is 1. The van der Waals surface area contributed by atoms with Crippen molar-refractivity contribution in [1.29, 1.82) is 10.5 Å². The number of rotatable bonds is 4. The summed E-state index contributed by atoms with van der Waals surface area (Å²) in [5.41, 5.74) is -2.18. The highest BCUT2D eigenvalue weighted by atomic mass is 35.5. The van der Waals surface area contributed by atoms with Gasteiger partial charge in [0, 0.05) is 6.42 Å². The molecular formula is C19H16ClFN4O3S. The quantitative estimate of drug-likeness (QED) is 0.725. The SMILES string of the molecule is N#CC1[C@H](S(=O)(=O)c2ccc(F)cc2Cl)C[C@]2(C(=O)NC3(C#N)CC3)CC=CN12. The lowest BCUT2D eigenvalue weighted by Crippen LogP contribution is -2.55. The van der Waals surface area contributed by atoms with Crippen LogP contribution in [-0.2, 0) is 14.6 Å². The van der Waals surface area contributed by atoms with E-state index in [1.165, 1.54) is 4.90 Å². The Bertz CT molecular complexity index is 1120. The number of sulfone groups is 1. The maximum absolute atomic E-state index is 13.4. The minimum atomic E-state index is -4.14. The fourth-order valence-corrected chi connectivity index (χ4v) is 6.53. The molecule has 0 spiro atoms. The third-order valence-corrected chi connectivity index (χ3v) is 8.49. The molecule has 1 aromatic carbocycles. The first kappa shape index (κ1) is 19.7. The summed E-state index contributed by atoms with van der Waals surface area (Å²) < 4.78 is 40.0. The number of benzene rings is 1. The normalized spacial score (nSPS) is 29.0. The standard InChI is InChI=1S/C19H16ClFN4O3S/c20-13-8-12(21)2-3-15(13)29(27,28)16-9-19(4-1-7-25(19)14(16)10-22)17(26)24-18(11-23)5-6-18/h1-3,7-8,14,16H,4-6,9H2,(H,24,26)/t14?,16-,19+/m1/s1. The van der Waals surface area contributed by atoms with Gasteiger partial charge in [-0.25, -0.2) is 12.8 Å². The number of hydrogen-bond acceptors (Lipinski definition) is 6. The first-order valence-electron chi connectivity index (χ1n) is 8.97. The van der Waals surface area contributed by atoms with Crippen molar-refractivity contribution in [3.63, 3.8) is 0 Å². The van der Waals surface area contributed by atoms with Gasteiger partial charge in [-0.15, -0.1) is 0 Å². The Labute approximate surface area is 172 Å². The minimum Gasteiger partial charge on any atom is -0.346 e. The van der Waals surface area contributed by atoms with Gasteiger partial charge >= 0.3 is 0 Å². The van der Waals surface area contributed by atoms with Gasteiger partial charge in [-0.1, -0.05) is 17.7 Å². The summed E-state index contributed by atoms with van der Waals surface area (Å²) in [6.07, 6.45) is 4.43. The molecule has 1 aromatic rings. The van der Waals surface area contributed by atoms with E-state index in [2.05, 4.69) is 11.4 Å². The zero-order valence-corrected chi connectivity index (χ0v) is 16.7. The van der Waals surface area contributed by atoms with Crippen molar-refractivity contribution in [3.05, 3.63) is 41.3 Å². The van der Waals surface area contributed by atoms with Crippen LogP contribution in [0.3, 0.4) is 0 Å². The molecule has 0 aromatic heterocycles. The van der Waals surface area contributed by atoms with Crippen molar-refractivity contribution in [2.45, 2.75) is 52.9 Å². The molecule has 150 valence electrons. The molecule has 1 N–H and O–H groups in total. The molecule has 1 amide bonds. The largest absolute Gasteiger partial charge is 0.346 e. The number of nitrogens with zero attached hydrogens (tertiary/aromatic N) is 3. The van der Waals surface area contributed by atoms with Gasteiger partial charge in [0.05, 0.1) is 22.1 Å². The molecule has 29 heavy (non-hydrogen) atoms. The Morgan fingerprint density at radius 3 is 2.66 bits per heavy atom. The van der Waals surface area contributed by atoms with Gasteiger partial charge in [0.1, 0.15) is 28.2 Å². The Hall–Kier alpha value is -2.62. The molecule has 1 aliphatic carbocycles. The van der Waals surface area contributed by atoms with E-state index in [4.69, 9.17) is 11.6 Å². The van der Waals surface area contributed by atoms with E-state index in [0.29, 0.717) is 12.8 Å². The Balaban J connectivity index is 1.73. The maximum atomic E-state index is 13.4. The lowest BCUT2D eigenvalue weighted by atomic mass is 9.92. The van der Waals surface area contributed by atoms with Crippen molar-refractivity contribution in [1.82, 2.24) is 10.2 Å². The smallest absolute Gasteiger partial charge is 0.247 e. The summed E-state index contributed by atoms with van der Waals surface area (Å²) >= 11 is 5.97. The van der Waals surface area contributed by atoms with Crippen molar-refractivity contribution in [2.24, 2.45) is 0 Å². The fourth-order valence-electron chi connectivity index (χ4n) is 4.10. The van der Waals surface area contributed by atoms with E-state index in [1.54, 1.807) is 12.3 Å². The van der Waals surface area contributed by atoms with Crippen molar-refractivity contribution in [3.8, 4) is 12.1 Å². The second kappa shape index (κ2) is 6.45. The topological polar surface area (TPSA) is 114 Å². The third kappa shape index (κ3) is 2.88. The number of nitriles is 2. The highest BCUT2D eigenvalue weighted by Gasteiger charge is 2.62. The van der Waals surface area contributed by atoms with Gasteiger partial charge < -0.3 is 10.2 Å². The van der Waals surface area contributed by atoms with Gasteiger partial charge in [-0.3, -0.25) is 4.79 Å². The van der Waals surface area contributed by atoms with Crippen molar-refractivity contribution >= 4 is 27.3 Å². The summed E-state index contributed by atoms with van der Waals surface area (Å²) in [6, 6.07) is 5.92. The van der Waals surface area contributed by atoms with Crippen LogP contribution in [0.15, 0.2) is 35.4 Å². The lowest BCUT2D eigenvalue weighted by Gasteiger charge is -2.33. The highest BCUT2D eigenvalue weighted by molar-refractivity contribution is 7.92. The number of hydrogen-bond donors (Lipinski definition) is 1. The highest BCUT2D eigenvalue weighted by Crippen LogP contribution is 2.47. The number of carbonyl (C=O) groups is 1. The molecule has 7 nitrogen and oxygen atoms in total. The lowest BCUT2D eigenvalue weighted by molar-refractivity contribution is -0.130. The summed E-state index contributed by atoms with van der Waals surface area (Å²) in [5.74, 6) is -1.15. The van der Waals surface area contributed by atoms with Gasteiger partial charge in [-0.2, -0.15) is 10.5 Å². The van der Waals surface area contributed by atoms with Crippen LogP contribution in [0.5, 0.6) is 0 Å². The third-order valence-electron chi connectivity index (χ3n) is 5.88. The Kier molecular flexibility index (Phi) is 4.38. The summed E-state index contributed by atoms with van der Waals surface area (Å²) in [4.78, 5) is 14.3. The molecule has 2 fully saturated rings. The van der Waals surface area contributed by atoms with Crippen LogP contribution in [0.2, 0.25) is 5.02 Å². The minimum absolute atomic E-state index is 0.137. The van der Waals surface area contributed by atoms with E-state index < -0.39 is 43.9 Å². The molecule has 0 bridgehead atoms. The number of fused-ring (bicyclic) bond motifs is 1. The fraction of sp³-hybridized carbons (Fsp3) is 0.421. The van der Waals surface area contributed by atoms with E-state index in [0.717, 1.165) is 18.2 Å². The van der Waals surface area contributed by atoms with E-state index in [-0.39, 0.29) is 22.8 Å². The molecule has 1 saturated carbocycles. The monoisotopic (exact) mass is 434 g/mol. The number of halogens is 2. The molecular weight excluding hydrogens is 419 g/mol. The molecule has 3 atom stereocenters.